The molecule has 0 saturated heterocycles. The minimum Gasteiger partial charge on any atom is -0.377 e. The fourth-order valence-corrected chi connectivity index (χ4v) is 5.28. The molecule has 26 heavy (non-hydrogen) atoms. The molecule has 2 aromatic heterocycles. The van der Waals surface area contributed by atoms with Gasteiger partial charge in [0.15, 0.2) is 5.82 Å². The van der Waals surface area contributed by atoms with Gasteiger partial charge in [-0.3, -0.25) is 4.68 Å². The number of aromatic nitrogens is 5. The van der Waals surface area contributed by atoms with E-state index in [0.717, 1.165) is 13.0 Å². The van der Waals surface area contributed by atoms with Crippen LogP contribution < -0.4 is 4.72 Å². The molecule has 3 heterocycles. The van der Waals surface area contributed by atoms with Gasteiger partial charge < -0.3 is 4.74 Å². The zero-order valence-electron chi connectivity index (χ0n) is 15.7. The van der Waals surface area contributed by atoms with Crippen molar-refractivity contribution in [3.8, 4) is 0 Å². The van der Waals surface area contributed by atoms with E-state index in [9.17, 15) is 8.42 Å². The van der Waals surface area contributed by atoms with Gasteiger partial charge in [0.2, 0.25) is 10.0 Å². The van der Waals surface area contributed by atoms with Crippen LogP contribution in [0.15, 0.2) is 4.90 Å². The van der Waals surface area contributed by atoms with Crippen LogP contribution in [-0.2, 0) is 47.8 Å². The van der Waals surface area contributed by atoms with Gasteiger partial charge in [-0.15, -0.1) is 0 Å². The number of aryl methyl sites for hydroxylation is 3. The number of ether oxygens (including phenoxy) is 1. The maximum absolute atomic E-state index is 13.2. The Labute approximate surface area is 153 Å². The Kier molecular flexibility index (Phi) is 5.44. The molecule has 0 aromatic carbocycles. The number of fused-ring (bicyclic) bond motifs is 1. The van der Waals surface area contributed by atoms with Crippen LogP contribution >= 0.6 is 0 Å². The molecule has 0 radical (unpaired) electrons. The van der Waals surface area contributed by atoms with Gasteiger partial charge in [0.05, 0.1) is 17.4 Å². The summed E-state index contributed by atoms with van der Waals surface area (Å²) in [6.07, 6.45) is 2.68. The van der Waals surface area contributed by atoms with Gasteiger partial charge in [0.1, 0.15) is 17.3 Å². The van der Waals surface area contributed by atoms with E-state index in [1.54, 1.807) is 23.5 Å². The van der Waals surface area contributed by atoms with Crippen molar-refractivity contribution < 1.29 is 13.2 Å². The topological polar surface area (TPSA) is 104 Å². The standard InChI is InChI=1S/C16H26N6O3S/c1-5-11-15(13(6-2)21(3)18-11)26(23,24)20-12-8-7-9-22-16(12)17-14(19-22)10-25-4/h12,20H,5-10H2,1-4H3. The summed E-state index contributed by atoms with van der Waals surface area (Å²) in [5.74, 6) is 1.21. The molecule has 1 aliphatic heterocycles. The molecule has 1 aliphatic rings. The Hall–Kier alpha value is -1.78. The Bertz CT molecular complexity index is 886. The highest BCUT2D eigenvalue weighted by Gasteiger charge is 2.32. The van der Waals surface area contributed by atoms with Gasteiger partial charge in [-0.25, -0.2) is 22.8 Å². The lowest BCUT2D eigenvalue weighted by Gasteiger charge is -2.23. The van der Waals surface area contributed by atoms with E-state index < -0.39 is 16.1 Å². The lowest BCUT2D eigenvalue weighted by Crippen LogP contribution is -2.34. The summed E-state index contributed by atoms with van der Waals surface area (Å²) < 4.78 is 37.7. The van der Waals surface area contributed by atoms with E-state index in [2.05, 4.69) is 19.9 Å². The molecular weight excluding hydrogens is 356 g/mol. The van der Waals surface area contributed by atoms with E-state index in [1.807, 2.05) is 13.8 Å². The molecule has 1 atom stereocenters. The highest BCUT2D eigenvalue weighted by molar-refractivity contribution is 7.89. The normalized spacial score (nSPS) is 17.5. The summed E-state index contributed by atoms with van der Waals surface area (Å²) in [5, 5.41) is 8.77. The zero-order chi connectivity index (χ0) is 18.9. The number of methoxy groups -OCH3 is 1. The highest BCUT2D eigenvalue weighted by atomic mass is 32.2. The van der Waals surface area contributed by atoms with Gasteiger partial charge >= 0.3 is 0 Å². The molecule has 3 rings (SSSR count). The third-order valence-corrected chi connectivity index (χ3v) is 6.22. The van der Waals surface area contributed by atoms with E-state index in [0.29, 0.717) is 53.8 Å². The summed E-state index contributed by atoms with van der Waals surface area (Å²) in [6.45, 7) is 4.89. The SMILES string of the molecule is CCc1nn(C)c(CC)c1S(=O)(=O)NC1CCCn2nc(COC)nc21. The largest absolute Gasteiger partial charge is 0.377 e. The van der Waals surface area contributed by atoms with Gasteiger partial charge in [-0.2, -0.15) is 10.2 Å². The molecule has 1 unspecified atom stereocenters. The number of nitrogens with zero attached hydrogens (tertiary/aromatic N) is 5. The van der Waals surface area contributed by atoms with E-state index in [1.165, 1.54) is 0 Å². The Morgan fingerprint density at radius 3 is 2.69 bits per heavy atom. The molecular formula is C16H26N6O3S. The monoisotopic (exact) mass is 382 g/mol. The average molecular weight is 382 g/mol. The van der Waals surface area contributed by atoms with Crippen LogP contribution in [0.5, 0.6) is 0 Å². The van der Waals surface area contributed by atoms with Gasteiger partial charge in [-0.1, -0.05) is 13.8 Å². The number of hydrogen-bond donors (Lipinski definition) is 1. The maximum atomic E-state index is 13.2. The van der Waals surface area contributed by atoms with Gasteiger partial charge in [-0.05, 0) is 25.7 Å². The lowest BCUT2D eigenvalue weighted by atomic mass is 10.1. The number of hydrogen-bond acceptors (Lipinski definition) is 6. The van der Waals surface area contributed by atoms with Crippen LogP contribution in [0.2, 0.25) is 0 Å². The first kappa shape index (κ1) is 19.0. The van der Waals surface area contributed by atoms with Gasteiger partial charge in [0.25, 0.3) is 0 Å². The maximum Gasteiger partial charge on any atom is 0.244 e. The zero-order valence-corrected chi connectivity index (χ0v) is 16.5. The fourth-order valence-electron chi connectivity index (χ4n) is 3.48. The van der Waals surface area contributed by atoms with Gasteiger partial charge in [0, 0.05) is 20.7 Å². The molecule has 0 aliphatic carbocycles. The molecule has 0 fully saturated rings. The average Bonchev–Trinajstić information content (AvgIpc) is 3.15. The molecule has 0 spiro atoms. The summed E-state index contributed by atoms with van der Waals surface area (Å²) >= 11 is 0. The predicted molar refractivity (Wildman–Crippen MR) is 95.0 cm³/mol. The summed E-state index contributed by atoms with van der Waals surface area (Å²) in [6, 6.07) is -0.401. The summed E-state index contributed by atoms with van der Waals surface area (Å²) in [5.41, 5.74) is 1.31. The van der Waals surface area contributed by atoms with Crippen molar-refractivity contribution in [2.45, 2.75) is 63.6 Å². The second kappa shape index (κ2) is 7.45. The molecule has 2 aromatic rings. The first-order valence-corrected chi connectivity index (χ1v) is 10.4. The number of nitrogens with one attached hydrogen (secondary N) is 1. The van der Waals surface area contributed by atoms with E-state index >= 15 is 0 Å². The third-order valence-electron chi connectivity index (χ3n) is 4.61. The van der Waals surface area contributed by atoms with Crippen molar-refractivity contribution >= 4 is 10.0 Å². The molecule has 9 nitrogen and oxygen atoms in total. The first-order chi connectivity index (χ1) is 12.4. The second-order valence-electron chi connectivity index (χ2n) is 6.41. The summed E-state index contributed by atoms with van der Waals surface area (Å²) in [7, 11) is -0.349. The predicted octanol–water partition coefficient (Wildman–Crippen LogP) is 1.10. The van der Waals surface area contributed by atoms with Crippen molar-refractivity contribution in [1.29, 1.82) is 0 Å². The minimum absolute atomic E-state index is 0.304. The van der Waals surface area contributed by atoms with Crippen molar-refractivity contribution in [3.63, 3.8) is 0 Å². The molecule has 0 amide bonds. The Morgan fingerprint density at radius 1 is 1.27 bits per heavy atom. The third kappa shape index (κ3) is 3.40. The molecule has 0 bridgehead atoms. The smallest absolute Gasteiger partial charge is 0.244 e. The van der Waals surface area contributed by atoms with Crippen molar-refractivity contribution in [1.82, 2.24) is 29.3 Å². The van der Waals surface area contributed by atoms with Crippen molar-refractivity contribution in [2.75, 3.05) is 7.11 Å². The molecule has 144 valence electrons. The number of sulfonamides is 1. The van der Waals surface area contributed by atoms with Crippen molar-refractivity contribution in [2.24, 2.45) is 7.05 Å². The van der Waals surface area contributed by atoms with Crippen LogP contribution in [0.1, 0.15) is 55.8 Å². The molecule has 0 saturated carbocycles. The van der Waals surface area contributed by atoms with Crippen LogP contribution in [-0.4, -0.2) is 40.1 Å². The van der Waals surface area contributed by atoms with Crippen LogP contribution in [0.25, 0.3) is 0 Å². The van der Waals surface area contributed by atoms with E-state index in [-0.39, 0.29) is 0 Å². The van der Waals surface area contributed by atoms with Crippen molar-refractivity contribution in [3.05, 3.63) is 23.0 Å². The van der Waals surface area contributed by atoms with Crippen LogP contribution in [0.3, 0.4) is 0 Å². The summed E-state index contributed by atoms with van der Waals surface area (Å²) in [4.78, 5) is 4.77. The second-order valence-corrected chi connectivity index (χ2v) is 8.06. The first-order valence-electron chi connectivity index (χ1n) is 8.90. The Morgan fingerprint density at radius 2 is 2.04 bits per heavy atom. The highest BCUT2D eigenvalue weighted by Crippen LogP contribution is 2.28. The quantitative estimate of drug-likeness (QED) is 0.769. The van der Waals surface area contributed by atoms with Crippen LogP contribution in [0.4, 0.5) is 0 Å². The van der Waals surface area contributed by atoms with Crippen LogP contribution in [0, 0.1) is 0 Å². The lowest BCUT2D eigenvalue weighted by molar-refractivity contribution is 0.177. The number of rotatable bonds is 7. The molecule has 10 heteroatoms. The molecule has 1 N–H and O–H groups in total. The fraction of sp³-hybridized carbons (Fsp3) is 0.688. The minimum atomic E-state index is -3.72. The van der Waals surface area contributed by atoms with E-state index in [4.69, 9.17) is 4.74 Å². The Balaban J connectivity index is 1.95.